The van der Waals surface area contributed by atoms with Gasteiger partial charge in [0.1, 0.15) is 12.6 Å². The van der Waals surface area contributed by atoms with Gasteiger partial charge in [0.25, 0.3) is 6.01 Å². The number of rotatable bonds is 12. The van der Waals surface area contributed by atoms with Gasteiger partial charge in [-0.15, -0.1) is 0 Å². The van der Waals surface area contributed by atoms with Gasteiger partial charge in [-0.05, 0) is 47.2 Å². The Morgan fingerprint density at radius 3 is 2.16 bits per heavy atom. The van der Waals surface area contributed by atoms with Gasteiger partial charge >= 0.3 is 11.7 Å². The number of benzene rings is 4. The van der Waals surface area contributed by atoms with Crippen molar-refractivity contribution in [3.63, 3.8) is 0 Å². The van der Waals surface area contributed by atoms with Crippen LogP contribution in [0.5, 0.6) is 0 Å². The van der Waals surface area contributed by atoms with Crippen LogP contribution < -0.4 is 16.3 Å². The number of alkyl carbamates (subject to hydrolysis) is 1. The Hall–Kier alpha value is -5.44. The van der Waals surface area contributed by atoms with E-state index in [1.165, 1.54) is 0 Å². The van der Waals surface area contributed by atoms with E-state index in [4.69, 9.17) is 9.15 Å². The second-order valence-electron chi connectivity index (χ2n) is 10.8. The van der Waals surface area contributed by atoms with E-state index in [0.717, 1.165) is 22.3 Å². The lowest BCUT2D eigenvalue weighted by molar-refractivity contribution is -0.130. The topological polar surface area (TPSA) is 114 Å². The van der Waals surface area contributed by atoms with Crippen molar-refractivity contribution >= 4 is 28.9 Å². The number of amides is 2. The molecule has 1 atom stereocenters. The number of hydrogen-bond acceptors (Lipinski definition) is 7. The van der Waals surface area contributed by atoms with Gasteiger partial charge in [-0.2, -0.15) is 4.98 Å². The predicted molar refractivity (Wildman–Crippen MR) is 174 cm³/mol. The first-order chi connectivity index (χ1) is 21.9. The van der Waals surface area contributed by atoms with E-state index in [1.807, 2.05) is 91.0 Å². The average molecular weight is 605 g/mol. The summed E-state index contributed by atoms with van der Waals surface area (Å²) in [5.74, 6) is -0.143. The molecule has 0 spiro atoms. The average Bonchev–Trinajstić information content (AvgIpc) is 3.06. The number of carbonyl (C=O) groups excluding carboxylic acids is 2. The van der Waals surface area contributed by atoms with Crippen molar-refractivity contribution in [2.24, 2.45) is 0 Å². The van der Waals surface area contributed by atoms with Crippen LogP contribution in [-0.4, -0.2) is 41.5 Å². The van der Waals surface area contributed by atoms with Crippen molar-refractivity contribution in [3.8, 4) is 0 Å². The van der Waals surface area contributed by atoms with Crippen molar-refractivity contribution in [2.45, 2.75) is 39.0 Å². The fraction of sp³-hybridized carbons (Fsp3) is 0.222. The first kappa shape index (κ1) is 31.0. The van der Waals surface area contributed by atoms with Gasteiger partial charge < -0.3 is 24.7 Å². The molecular weight excluding hydrogens is 568 g/mol. The zero-order valence-electron chi connectivity index (χ0n) is 25.4. The Bertz CT molecular complexity index is 1790. The van der Waals surface area contributed by atoms with E-state index < -0.39 is 17.8 Å². The number of nitrogens with one attached hydrogen (secondary N) is 2. The maximum Gasteiger partial charge on any atom is 0.407 e. The van der Waals surface area contributed by atoms with Gasteiger partial charge in [0.15, 0.2) is 0 Å². The Labute approximate surface area is 261 Å². The first-order valence-electron chi connectivity index (χ1n) is 14.8. The van der Waals surface area contributed by atoms with E-state index in [9.17, 15) is 14.4 Å². The minimum absolute atomic E-state index is 0.0343. The second-order valence-corrected chi connectivity index (χ2v) is 10.8. The Balaban J connectivity index is 1.29. The Morgan fingerprint density at radius 2 is 1.49 bits per heavy atom. The van der Waals surface area contributed by atoms with Crippen LogP contribution in [0.15, 0.2) is 112 Å². The molecule has 1 heterocycles. The highest BCUT2D eigenvalue weighted by Crippen LogP contribution is 2.20. The number of aryl methyl sites for hydroxylation is 1. The Kier molecular flexibility index (Phi) is 10.2. The third kappa shape index (κ3) is 8.35. The van der Waals surface area contributed by atoms with Crippen molar-refractivity contribution < 1.29 is 18.7 Å². The van der Waals surface area contributed by atoms with E-state index >= 15 is 0 Å². The maximum atomic E-state index is 13.6. The minimum atomic E-state index is -0.715. The summed E-state index contributed by atoms with van der Waals surface area (Å²) in [5.41, 5.74) is 4.18. The summed E-state index contributed by atoms with van der Waals surface area (Å²) in [6.07, 6.45) is 0.528. The molecule has 5 aromatic rings. The highest BCUT2D eigenvalue weighted by molar-refractivity contribution is 5.85. The van der Waals surface area contributed by atoms with E-state index in [2.05, 4.69) is 15.6 Å². The number of aromatic nitrogens is 1. The van der Waals surface area contributed by atoms with Crippen molar-refractivity contribution in [2.75, 3.05) is 18.9 Å². The molecule has 2 N–H and O–H groups in total. The standard InChI is InChI=1S/C36H36N4O5/c1-25-29(23-37-36(43)44-24-28-16-10-5-11-17-28)18-19-30-32(25)34(42)45-35(38-30)39-31(22-27-14-8-4-9-15-27)33(41)40(2)21-20-26-12-6-3-7-13-26/h3-19,31H,20-24H2,1-2H3,(H,37,43)(H,38,39). The maximum absolute atomic E-state index is 13.6. The van der Waals surface area contributed by atoms with E-state index in [1.54, 1.807) is 31.0 Å². The number of likely N-dealkylation sites (N-methyl/N-ethyl adjacent to an activating group) is 1. The van der Waals surface area contributed by atoms with Crippen LogP contribution in [0, 0.1) is 6.92 Å². The molecule has 0 aliphatic carbocycles. The molecule has 0 aliphatic rings. The van der Waals surface area contributed by atoms with E-state index in [0.29, 0.717) is 35.9 Å². The van der Waals surface area contributed by atoms with Gasteiger partial charge in [0.2, 0.25) is 5.91 Å². The van der Waals surface area contributed by atoms with E-state index in [-0.39, 0.29) is 25.1 Å². The molecule has 0 bridgehead atoms. The summed E-state index contributed by atoms with van der Waals surface area (Å²) in [6, 6.07) is 31.8. The largest absolute Gasteiger partial charge is 0.445 e. The highest BCUT2D eigenvalue weighted by atomic mass is 16.5. The molecule has 45 heavy (non-hydrogen) atoms. The summed E-state index contributed by atoms with van der Waals surface area (Å²) in [6.45, 7) is 2.63. The van der Waals surface area contributed by atoms with Crippen LogP contribution in [0.2, 0.25) is 0 Å². The molecule has 1 aromatic heterocycles. The minimum Gasteiger partial charge on any atom is -0.445 e. The third-order valence-corrected chi connectivity index (χ3v) is 7.64. The van der Waals surface area contributed by atoms with Gasteiger partial charge in [0, 0.05) is 26.6 Å². The molecule has 5 rings (SSSR count). The number of nitrogens with zero attached hydrogens (tertiary/aromatic N) is 2. The Morgan fingerprint density at radius 1 is 0.867 bits per heavy atom. The zero-order chi connectivity index (χ0) is 31.6. The summed E-state index contributed by atoms with van der Waals surface area (Å²) in [7, 11) is 1.77. The lowest BCUT2D eigenvalue weighted by atomic mass is 10.0. The number of fused-ring (bicyclic) bond motifs is 1. The van der Waals surface area contributed by atoms with Crippen molar-refractivity contribution in [3.05, 3.63) is 141 Å². The molecule has 0 fully saturated rings. The molecule has 0 saturated heterocycles. The SMILES string of the molecule is Cc1c(CNC(=O)OCc2ccccc2)ccc2nc(NC(Cc3ccccc3)C(=O)N(C)CCc3ccccc3)oc(=O)c12. The lowest BCUT2D eigenvalue weighted by Crippen LogP contribution is -2.43. The van der Waals surface area contributed by atoms with Gasteiger partial charge in [-0.1, -0.05) is 97.1 Å². The molecule has 1 unspecified atom stereocenters. The van der Waals surface area contributed by atoms with Crippen molar-refractivity contribution in [1.82, 2.24) is 15.2 Å². The smallest absolute Gasteiger partial charge is 0.407 e. The molecule has 230 valence electrons. The molecule has 2 amide bonds. The predicted octanol–water partition coefficient (Wildman–Crippen LogP) is 5.65. The van der Waals surface area contributed by atoms with Gasteiger partial charge in [-0.25, -0.2) is 9.59 Å². The lowest BCUT2D eigenvalue weighted by Gasteiger charge is -2.25. The van der Waals surface area contributed by atoms with Crippen LogP contribution >= 0.6 is 0 Å². The normalized spacial score (nSPS) is 11.5. The van der Waals surface area contributed by atoms with Crippen LogP contribution in [0.4, 0.5) is 10.8 Å². The number of anilines is 1. The summed E-state index contributed by atoms with van der Waals surface area (Å²) in [4.78, 5) is 45.4. The number of hydrogen-bond donors (Lipinski definition) is 2. The number of carbonyl (C=O) groups is 2. The molecule has 0 aliphatic heterocycles. The number of ether oxygens (including phenoxy) is 1. The van der Waals surface area contributed by atoms with Crippen LogP contribution in [0.25, 0.3) is 10.9 Å². The molecular formula is C36H36N4O5. The van der Waals surface area contributed by atoms with Crippen molar-refractivity contribution in [1.29, 1.82) is 0 Å². The highest BCUT2D eigenvalue weighted by Gasteiger charge is 2.25. The molecule has 4 aromatic carbocycles. The third-order valence-electron chi connectivity index (χ3n) is 7.64. The molecule has 0 saturated carbocycles. The first-order valence-corrected chi connectivity index (χ1v) is 14.8. The fourth-order valence-corrected chi connectivity index (χ4v) is 5.07. The van der Waals surface area contributed by atoms with Crippen LogP contribution in [0.3, 0.4) is 0 Å². The summed E-state index contributed by atoms with van der Waals surface area (Å²) >= 11 is 0. The summed E-state index contributed by atoms with van der Waals surface area (Å²) < 4.78 is 10.9. The molecule has 0 radical (unpaired) electrons. The van der Waals surface area contributed by atoms with Crippen LogP contribution in [-0.2, 0) is 35.5 Å². The molecule has 9 nitrogen and oxygen atoms in total. The quantitative estimate of drug-likeness (QED) is 0.189. The molecule has 9 heteroatoms. The second kappa shape index (κ2) is 14.8. The summed E-state index contributed by atoms with van der Waals surface area (Å²) in [5, 5.41) is 6.14. The fourth-order valence-electron chi connectivity index (χ4n) is 5.07. The van der Waals surface area contributed by atoms with Gasteiger partial charge in [-0.3, -0.25) is 4.79 Å². The zero-order valence-corrected chi connectivity index (χ0v) is 25.4. The van der Waals surface area contributed by atoms with Crippen LogP contribution in [0.1, 0.15) is 27.8 Å². The van der Waals surface area contributed by atoms with Gasteiger partial charge in [0.05, 0.1) is 10.9 Å². The monoisotopic (exact) mass is 604 g/mol.